The summed E-state index contributed by atoms with van der Waals surface area (Å²) in [5, 5.41) is 0.713. The number of thioether (sulfide) groups is 1. The van der Waals surface area contributed by atoms with Crippen LogP contribution in [0.4, 0.5) is 0 Å². The van der Waals surface area contributed by atoms with Crippen molar-refractivity contribution in [3.63, 3.8) is 0 Å². The Morgan fingerprint density at radius 1 is 1.67 bits per heavy atom. The zero-order valence-corrected chi connectivity index (χ0v) is 6.70. The predicted octanol–water partition coefficient (Wildman–Crippen LogP) is 1.03. The SMILES string of the molecule is CONC1CCSC1C. The molecule has 0 spiro atoms. The van der Waals surface area contributed by atoms with Gasteiger partial charge in [-0.25, -0.2) is 0 Å². The Hall–Kier alpha value is 0.270. The van der Waals surface area contributed by atoms with Crippen molar-refractivity contribution >= 4 is 11.8 Å². The molecule has 54 valence electrons. The third-order valence-corrected chi connectivity index (χ3v) is 2.97. The van der Waals surface area contributed by atoms with E-state index in [2.05, 4.69) is 12.4 Å². The predicted molar refractivity (Wildman–Crippen MR) is 40.5 cm³/mol. The van der Waals surface area contributed by atoms with Gasteiger partial charge < -0.3 is 4.84 Å². The Bertz CT molecular complexity index is 89.1. The molecule has 0 aromatic carbocycles. The highest BCUT2D eigenvalue weighted by Gasteiger charge is 2.23. The first-order valence-electron chi connectivity index (χ1n) is 3.24. The van der Waals surface area contributed by atoms with Crippen LogP contribution in [0.1, 0.15) is 13.3 Å². The number of hydroxylamine groups is 1. The van der Waals surface area contributed by atoms with E-state index in [1.54, 1.807) is 7.11 Å². The Labute approximate surface area is 60.3 Å². The largest absolute Gasteiger partial charge is 0.305 e. The second kappa shape index (κ2) is 3.44. The van der Waals surface area contributed by atoms with Crippen molar-refractivity contribution < 1.29 is 4.84 Å². The van der Waals surface area contributed by atoms with E-state index in [0.717, 1.165) is 0 Å². The molecule has 2 atom stereocenters. The van der Waals surface area contributed by atoms with E-state index in [9.17, 15) is 0 Å². The van der Waals surface area contributed by atoms with Crippen LogP contribution in [0.15, 0.2) is 0 Å². The lowest BCUT2D eigenvalue weighted by molar-refractivity contribution is 0.0623. The summed E-state index contributed by atoms with van der Waals surface area (Å²) >= 11 is 2.00. The molecule has 0 saturated carbocycles. The van der Waals surface area contributed by atoms with Crippen molar-refractivity contribution in [2.75, 3.05) is 12.9 Å². The van der Waals surface area contributed by atoms with Crippen LogP contribution in [-0.4, -0.2) is 24.2 Å². The lowest BCUT2D eigenvalue weighted by atomic mass is 10.2. The molecule has 1 aliphatic heterocycles. The van der Waals surface area contributed by atoms with Crippen molar-refractivity contribution in [3.05, 3.63) is 0 Å². The molecule has 1 aliphatic rings. The van der Waals surface area contributed by atoms with Gasteiger partial charge in [-0.3, -0.25) is 0 Å². The third kappa shape index (κ3) is 1.85. The molecule has 0 aromatic heterocycles. The molecule has 1 heterocycles. The number of nitrogens with one attached hydrogen (secondary N) is 1. The minimum Gasteiger partial charge on any atom is -0.305 e. The quantitative estimate of drug-likeness (QED) is 0.589. The van der Waals surface area contributed by atoms with Gasteiger partial charge in [-0.2, -0.15) is 17.2 Å². The first-order valence-corrected chi connectivity index (χ1v) is 4.29. The van der Waals surface area contributed by atoms with Crippen molar-refractivity contribution in [3.8, 4) is 0 Å². The molecule has 0 aromatic rings. The van der Waals surface area contributed by atoms with Crippen molar-refractivity contribution in [1.82, 2.24) is 5.48 Å². The monoisotopic (exact) mass is 147 g/mol. The molecular formula is C6H13NOS. The van der Waals surface area contributed by atoms with E-state index in [1.807, 2.05) is 11.8 Å². The first kappa shape index (κ1) is 7.38. The van der Waals surface area contributed by atoms with Crippen molar-refractivity contribution in [2.45, 2.75) is 24.6 Å². The minimum atomic E-state index is 0.569. The summed E-state index contributed by atoms with van der Waals surface area (Å²) in [4.78, 5) is 4.83. The number of rotatable bonds is 2. The van der Waals surface area contributed by atoms with Crippen molar-refractivity contribution in [2.24, 2.45) is 0 Å². The van der Waals surface area contributed by atoms with Gasteiger partial charge in [0, 0.05) is 11.3 Å². The summed E-state index contributed by atoms with van der Waals surface area (Å²) in [6, 6.07) is 0.569. The second-order valence-electron chi connectivity index (χ2n) is 2.29. The maximum atomic E-state index is 4.83. The molecule has 2 unspecified atom stereocenters. The molecule has 1 saturated heterocycles. The topological polar surface area (TPSA) is 21.3 Å². The molecule has 1 N–H and O–H groups in total. The van der Waals surface area contributed by atoms with E-state index >= 15 is 0 Å². The summed E-state index contributed by atoms with van der Waals surface area (Å²) in [6.07, 6.45) is 1.24. The number of hydrogen-bond donors (Lipinski definition) is 1. The van der Waals surface area contributed by atoms with Gasteiger partial charge in [0.1, 0.15) is 0 Å². The lowest BCUT2D eigenvalue weighted by Gasteiger charge is -2.13. The normalized spacial score (nSPS) is 35.3. The van der Waals surface area contributed by atoms with Crippen LogP contribution in [0, 0.1) is 0 Å². The molecule has 9 heavy (non-hydrogen) atoms. The highest BCUT2D eigenvalue weighted by molar-refractivity contribution is 8.00. The summed E-state index contributed by atoms with van der Waals surface area (Å²) in [6.45, 7) is 2.23. The van der Waals surface area contributed by atoms with Gasteiger partial charge in [0.05, 0.1) is 7.11 Å². The minimum absolute atomic E-state index is 0.569. The third-order valence-electron chi connectivity index (χ3n) is 1.65. The van der Waals surface area contributed by atoms with E-state index < -0.39 is 0 Å². The fourth-order valence-corrected chi connectivity index (χ4v) is 2.22. The highest BCUT2D eigenvalue weighted by Crippen LogP contribution is 2.25. The molecule has 1 rings (SSSR count). The van der Waals surface area contributed by atoms with Gasteiger partial charge in [-0.05, 0) is 12.2 Å². The zero-order valence-electron chi connectivity index (χ0n) is 5.89. The molecule has 0 aliphatic carbocycles. The summed E-state index contributed by atoms with van der Waals surface area (Å²) in [7, 11) is 1.68. The molecule has 0 amide bonds. The van der Waals surface area contributed by atoms with Gasteiger partial charge in [0.15, 0.2) is 0 Å². The van der Waals surface area contributed by atoms with Gasteiger partial charge in [-0.1, -0.05) is 6.92 Å². The lowest BCUT2D eigenvalue weighted by Crippen LogP contribution is -2.32. The van der Waals surface area contributed by atoms with Gasteiger partial charge in [0.25, 0.3) is 0 Å². The second-order valence-corrected chi connectivity index (χ2v) is 3.78. The van der Waals surface area contributed by atoms with Crippen LogP contribution in [0.25, 0.3) is 0 Å². The molecule has 0 radical (unpaired) electrons. The van der Waals surface area contributed by atoms with Crippen LogP contribution in [-0.2, 0) is 4.84 Å². The fourth-order valence-electron chi connectivity index (χ4n) is 1.04. The van der Waals surface area contributed by atoms with Crippen LogP contribution in [0.2, 0.25) is 0 Å². The van der Waals surface area contributed by atoms with E-state index in [-0.39, 0.29) is 0 Å². The molecule has 3 heteroatoms. The van der Waals surface area contributed by atoms with Crippen LogP contribution in [0.3, 0.4) is 0 Å². The smallest absolute Gasteiger partial charge is 0.0572 e. The molecular weight excluding hydrogens is 134 g/mol. The standard InChI is InChI=1S/C6H13NOS/c1-5-6(7-8-2)3-4-9-5/h5-7H,3-4H2,1-2H3. The number of hydrogen-bond acceptors (Lipinski definition) is 3. The van der Waals surface area contributed by atoms with E-state index in [4.69, 9.17) is 4.84 Å². The van der Waals surface area contributed by atoms with Crippen LogP contribution in [0.5, 0.6) is 0 Å². The van der Waals surface area contributed by atoms with E-state index in [0.29, 0.717) is 11.3 Å². The first-order chi connectivity index (χ1) is 4.34. The maximum Gasteiger partial charge on any atom is 0.0572 e. The van der Waals surface area contributed by atoms with Crippen LogP contribution < -0.4 is 5.48 Å². The Balaban J connectivity index is 2.22. The molecule has 1 fully saturated rings. The average Bonchev–Trinajstić information content (AvgIpc) is 2.18. The van der Waals surface area contributed by atoms with Gasteiger partial charge in [-0.15, -0.1) is 0 Å². The maximum absolute atomic E-state index is 4.83. The Morgan fingerprint density at radius 2 is 2.44 bits per heavy atom. The summed E-state index contributed by atoms with van der Waals surface area (Å²) in [5.74, 6) is 1.27. The highest BCUT2D eigenvalue weighted by atomic mass is 32.2. The van der Waals surface area contributed by atoms with Crippen molar-refractivity contribution in [1.29, 1.82) is 0 Å². The Kier molecular flexibility index (Phi) is 2.82. The van der Waals surface area contributed by atoms with Gasteiger partial charge in [0.2, 0.25) is 0 Å². The Morgan fingerprint density at radius 3 is 2.89 bits per heavy atom. The summed E-state index contributed by atoms with van der Waals surface area (Å²) < 4.78 is 0. The fraction of sp³-hybridized carbons (Fsp3) is 1.00. The van der Waals surface area contributed by atoms with E-state index in [1.165, 1.54) is 12.2 Å². The molecule has 0 bridgehead atoms. The van der Waals surface area contributed by atoms with Crippen LogP contribution >= 0.6 is 11.8 Å². The average molecular weight is 147 g/mol. The zero-order chi connectivity index (χ0) is 6.69. The molecule has 2 nitrogen and oxygen atoms in total. The van der Waals surface area contributed by atoms with Gasteiger partial charge >= 0.3 is 0 Å². The summed E-state index contributed by atoms with van der Waals surface area (Å²) in [5.41, 5.74) is 2.97.